The van der Waals surface area contributed by atoms with Gasteiger partial charge in [-0.3, -0.25) is 0 Å². The molecule has 0 amide bonds. The molecule has 0 aliphatic heterocycles. The number of halogens is 2. The molecule has 2 aromatic carbocycles. The topological polar surface area (TPSA) is 29.9 Å². The van der Waals surface area contributed by atoms with Crippen LogP contribution in [0, 0.1) is 5.82 Å². The summed E-state index contributed by atoms with van der Waals surface area (Å²) in [6.45, 7) is 4.99. The van der Waals surface area contributed by atoms with Crippen LogP contribution >= 0.6 is 0 Å². The van der Waals surface area contributed by atoms with E-state index < -0.39 is 0 Å². The third-order valence-electron chi connectivity index (χ3n) is 4.46. The summed E-state index contributed by atoms with van der Waals surface area (Å²) in [6, 6.07) is 16.6. The summed E-state index contributed by atoms with van der Waals surface area (Å²) in [4.78, 5) is 4.66. The second-order valence-electron chi connectivity index (χ2n) is 6.79. The minimum absolute atomic E-state index is 0. The van der Waals surface area contributed by atoms with E-state index in [-0.39, 0.29) is 22.8 Å². The monoisotopic (exact) mass is 426 g/mol. The number of fused-ring (bicyclic) bond motifs is 1. The molecule has 0 saturated heterocycles. The highest BCUT2D eigenvalue weighted by molar-refractivity contribution is 5.76. The Bertz CT molecular complexity index is 1060. The quantitative estimate of drug-likeness (QED) is 0.467. The van der Waals surface area contributed by atoms with Crippen molar-refractivity contribution in [1.29, 1.82) is 0 Å². The maximum Gasteiger partial charge on any atom is 0.233 e. The van der Waals surface area contributed by atoms with E-state index in [0.29, 0.717) is 18.4 Å². The molecule has 0 bridgehead atoms. The minimum Gasteiger partial charge on any atom is -1.00 e. The van der Waals surface area contributed by atoms with Crippen LogP contribution < -0.4 is 21.5 Å². The van der Waals surface area contributed by atoms with Gasteiger partial charge in [0.1, 0.15) is 16.9 Å². The predicted molar refractivity (Wildman–Crippen MR) is 99.2 cm³/mol. The Labute approximate surface area is 168 Å². The van der Waals surface area contributed by atoms with E-state index in [0.717, 1.165) is 22.2 Å². The van der Waals surface area contributed by atoms with E-state index in [2.05, 4.69) is 31.0 Å². The molecule has 2 heterocycles. The number of benzene rings is 2. The second kappa shape index (κ2) is 8.01. The molecule has 0 fully saturated rings. The highest BCUT2D eigenvalue weighted by atomic mass is 79.9. The molecule has 2 aromatic heterocycles. The van der Waals surface area contributed by atoms with Gasteiger partial charge in [-0.25, -0.2) is 9.37 Å². The lowest BCUT2D eigenvalue weighted by Crippen LogP contribution is -3.00. The largest absolute Gasteiger partial charge is 1.00 e. The van der Waals surface area contributed by atoms with Gasteiger partial charge >= 0.3 is 0 Å². The van der Waals surface area contributed by atoms with Crippen LogP contribution in [0.4, 0.5) is 4.39 Å². The van der Waals surface area contributed by atoms with E-state index in [1.165, 1.54) is 17.7 Å². The van der Waals surface area contributed by atoms with E-state index in [1.807, 2.05) is 35.2 Å². The molecule has 0 aliphatic carbocycles. The molecule has 4 rings (SSSR count). The number of aromatic nitrogens is 2. The fourth-order valence-corrected chi connectivity index (χ4v) is 2.97. The number of oxazole rings is 1. The fourth-order valence-electron chi connectivity index (χ4n) is 2.97. The predicted octanol–water partition coefficient (Wildman–Crippen LogP) is 2.10. The first-order valence-corrected chi connectivity index (χ1v) is 8.73. The average Bonchev–Trinajstić information content (AvgIpc) is 3.07. The maximum absolute atomic E-state index is 13.1. The Kier molecular flexibility index (Phi) is 5.71. The van der Waals surface area contributed by atoms with Crippen molar-refractivity contribution in [3.8, 4) is 11.5 Å². The van der Waals surface area contributed by atoms with E-state index in [1.54, 1.807) is 12.1 Å². The Balaban J connectivity index is 0.00000210. The van der Waals surface area contributed by atoms with Crippen molar-refractivity contribution >= 4 is 11.1 Å². The number of pyridine rings is 1. The van der Waals surface area contributed by atoms with Crippen LogP contribution in [0.3, 0.4) is 0 Å². The molecule has 0 spiro atoms. The van der Waals surface area contributed by atoms with Gasteiger partial charge in [0.2, 0.25) is 5.89 Å². The van der Waals surface area contributed by atoms with Gasteiger partial charge in [0.15, 0.2) is 24.5 Å². The number of rotatable bonds is 4. The molecule has 0 atom stereocenters. The molecule has 0 radical (unpaired) electrons. The van der Waals surface area contributed by atoms with Crippen molar-refractivity contribution in [2.45, 2.75) is 26.3 Å². The van der Waals surface area contributed by atoms with Crippen LogP contribution in [0.25, 0.3) is 22.6 Å². The molecular weight excluding hydrogens is 407 g/mol. The number of nitrogens with zero attached hydrogens (tertiary/aromatic N) is 2. The van der Waals surface area contributed by atoms with Crippen molar-refractivity contribution in [1.82, 2.24) is 4.98 Å². The summed E-state index contributed by atoms with van der Waals surface area (Å²) in [5.41, 5.74) is 4.86. The van der Waals surface area contributed by atoms with Crippen LogP contribution in [0.5, 0.6) is 0 Å². The van der Waals surface area contributed by atoms with Crippen LogP contribution in [-0.4, -0.2) is 4.98 Å². The lowest BCUT2D eigenvalue weighted by Gasteiger charge is -2.02. The van der Waals surface area contributed by atoms with Gasteiger partial charge in [0.25, 0.3) is 0 Å². The van der Waals surface area contributed by atoms with Gasteiger partial charge in [-0.1, -0.05) is 19.9 Å². The molecule has 138 valence electrons. The van der Waals surface area contributed by atoms with Gasteiger partial charge in [-0.2, -0.15) is 4.57 Å². The van der Waals surface area contributed by atoms with Crippen LogP contribution in [-0.2, 0) is 6.54 Å². The zero-order chi connectivity index (χ0) is 18.1. The summed E-state index contributed by atoms with van der Waals surface area (Å²) in [5, 5.41) is 0. The summed E-state index contributed by atoms with van der Waals surface area (Å²) >= 11 is 0. The zero-order valence-electron chi connectivity index (χ0n) is 15.2. The van der Waals surface area contributed by atoms with Gasteiger partial charge in [-0.05, 0) is 53.9 Å². The average molecular weight is 427 g/mol. The maximum atomic E-state index is 13.1. The van der Waals surface area contributed by atoms with Gasteiger partial charge in [0, 0.05) is 11.6 Å². The summed E-state index contributed by atoms with van der Waals surface area (Å²) < 4.78 is 21.0. The van der Waals surface area contributed by atoms with Crippen molar-refractivity contribution < 1.29 is 30.4 Å². The Morgan fingerprint density at radius 3 is 2.59 bits per heavy atom. The van der Waals surface area contributed by atoms with Gasteiger partial charge in [-0.15, -0.1) is 0 Å². The third-order valence-corrected chi connectivity index (χ3v) is 4.46. The molecule has 0 aliphatic rings. The van der Waals surface area contributed by atoms with Crippen molar-refractivity contribution in [3.05, 3.63) is 83.9 Å². The SMILES string of the molecule is CC(C)c1ccc2oc(-c3ccc[n+](Cc4ccc(F)cc4)c3)nc2c1.[Br-]. The lowest BCUT2D eigenvalue weighted by atomic mass is 10.0. The Morgan fingerprint density at radius 2 is 1.85 bits per heavy atom. The molecule has 5 heteroatoms. The van der Waals surface area contributed by atoms with Crippen LogP contribution in [0.1, 0.15) is 30.9 Å². The normalized spacial score (nSPS) is 11.0. The first-order chi connectivity index (χ1) is 12.6. The fraction of sp³-hybridized carbons (Fsp3) is 0.182. The van der Waals surface area contributed by atoms with E-state index >= 15 is 0 Å². The summed E-state index contributed by atoms with van der Waals surface area (Å²) in [7, 11) is 0. The highest BCUT2D eigenvalue weighted by Gasteiger charge is 2.13. The standard InChI is InChI=1S/C22H20FN2O.BrH/c1-15(2)17-7-10-21-20(12-17)24-22(26-21)18-4-3-11-25(14-18)13-16-5-8-19(23)9-6-16;/h3-12,14-15H,13H2,1-2H3;1H/q+1;/p-1. The van der Waals surface area contributed by atoms with E-state index in [9.17, 15) is 4.39 Å². The molecule has 3 nitrogen and oxygen atoms in total. The smallest absolute Gasteiger partial charge is 0.233 e. The third kappa shape index (κ3) is 4.25. The Morgan fingerprint density at radius 1 is 1.07 bits per heavy atom. The van der Waals surface area contributed by atoms with Crippen molar-refractivity contribution in [2.24, 2.45) is 0 Å². The summed E-state index contributed by atoms with van der Waals surface area (Å²) in [6.07, 6.45) is 3.98. The minimum atomic E-state index is -0.222. The highest BCUT2D eigenvalue weighted by Crippen LogP contribution is 2.26. The van der Waals surface area contributed by atoms with Crippen molar-refractivity contribution in [3.63, 3.8) is 0 Å². The second-order valence-corrected chi connectivity index (χ2v) is 6.79. The molecular formula is C22H20BrFN2O. The first kappa shape index (κ1) is 19.2. The molecule has 4 aromatic rings. The molecule has 0 N–H and O–H groups in total. The zero-order valence-corrected chi connectivity index (χ0v) is 16.8. The lowest BCUT2D eigenvalue weighted by molar-refractivity contribution is -0.687. The Hall–Kier alpha value is -2.53. The van der Waals surface area contributed by atoms with Crippen LogP contribution in [0.15, 0.2) is 71.4 Å². The first-order valence-electron chi connectivity index (χ1n) is 8.73. The summed E-state index contributed by atoms with van der Waals surface area (Å²) in [5.74, 6) is 0.836. The molecule has 0 saturated carbocycles. The molecule has 27 heavy (non-hydrogen) atoms. The van der Waals surface area contributed by atoms with Crippen LogP contribution in [0.2, 0.25) is 0 Å². The van der Waals surface area contributed by atoms with Crippen molar-refractivity contribution in [2.75, 3.05) is 0 Å². The number of hydrogen-bond donors (Lipinski definition) is 0. The molecule has 0 unspecified atom stereocenters. The van der Waals surface area contributed by atoms with E-state index in [4.69, 9.17) is 4.42 Å². The van der Waals surface area contributed by atoms with Gasteiger partial charge < -0.3 is 21.4 Å². The van der Waals surface area contributed by atoms with Gasteiger partial charge in [0.05, 0.1) is 0 Å². The number of hydrogen-bond acceptors (Lipinski definition) is 2.